The second-order valence-corrected chi connectivity index (χ2v) is 10.8. The standard InChI is InChI=1S/C30H28FN3O4S/c1-23-11-17-28(18-12-23)39(36,37)34(20-24-13-15-27(31)16-14-24)21-30(35)33-32-19-26-9-5-6-10-29(26)38-22-25-7-3-2-4-8-25/h2-19H,20-22H2,1H3,(H,33,35)/b32-19-. The van der Waals surface area contributed by atoms with E-state index >= 15 is 0 Å². The van der Waals surface area contributed by atoms with Gasteiger partial charge in [0.2, 0.25) is 10.0 Å². The van der Waals surface area contributed by atoms with Gasteiger partial charge in [-0.3, -0.25) is 4.79 Å². The van der Waals surface area contributed by atoms with Crippen LogP contribution in [0, 0.1) is 12.7 Å². The Morgan fingerprint density at radius 3 is 2.28 bits per heavy atom. The molecular formula is C30H28FN3O4S. The highest BCUT2D eigenvalue weighted by atomic mass is 32.2. The number of ether oxygens (including phenoxy) is 1. The molecule has 1 N–H and O–H groups in total. The van der Waals surface area contributed by atoms with E-state index in [0.717, 1.165) is 15.4 Å². The Kier molecular flexibility index (Phi) is 9.19. The van der Waals surface area contributed by atoms with Gasteiger partial charge in [-0.15, -0.1) is 0 Å². The van der Waals surface area contributed by atoms with Crippen molar-refractivity contribution in [2.45, 2.75) is 25.0 Å². The molecule has 0 bridgehead atoms. The Bertz CT molecular complexity index is 1520. The zero-order valence-electron chi connectivity index (χ0n) is 21.3. The van der Waals surface area contributed by atoms with Gasteiger partial charge in [0.05, 0.1) is 17.7 Å². The van der Waals surface area contributed by atoms with Crippen LogP contribution in [-0.2, 0) is 28.0 Å². The predicted octanol–water partition coefficient (Wildman–Crippen LogP) is 5.05. The summed E-state index contributed by atoms with van der Waals surface area (Å²) >= 11 is 0. The molecule has 0 aromatic heterocycles. The topological polar surface area (TPSA) is 88.1 Å². The van der Waals surface area contributed by atoms with E-state index in [1.54, 1.807) is 24.3 Å². The molecule has 0 saturated carbocycles. The fourth-order valence-corrected chi connectivity index (χ4v) is 5.09. The van der Waals surface area contributed by atoms with Crippen molar-refractivity contribution in [3.05, 3.63) is 131 Å². The molecule has 0 aliphatic carbocycles. The molecule has 0 saturated heterocycles. The Balaban J connectivity index is 1.46. The molecule has 0 unspecified atom stereocenters. The molecule has 0 aliphatic rings. The van der Waals surface area contributed by atoms with Gasteiger partial charge in [0.15, 0.2) is 0 Å². The second kappa shape index (κ2) is 12.9. The molecule has 0 spiro atoms. The first-order valence-electron chi connectivity index (χ1n) is 12.2. The Morgan fingerprint density at radius 2 is 1.56 bits per heavy atom. The number of hydrazone groups is 1. The van der Waals surface area contributed by atoms with Gasteiger partial charge < -0.3 is 4.74 Å². The summed E-state index contributed by atoms with van der Waals surface area (Å²) in [6.45, 7) is 1.61. The summed E-state index contributed by atoms with van der Waals surface area (Å²) in [4.78, 5) is 12.8. The quantitative estimate of drug-likeness (QED) is 0.211. The Labute approximate surface area is 227 Å². The van der Waals surface area contributed by atoms with Crippen LogP contribution in [-0.4, -0.2) is 31.4 Å². The van der Waals surface area contributed by atoms with E-state index < -0.39 is 28.3 Å². The van der Waals surface area contributed by atoms with E-state index in [4.69, 9.17) is 4.74 Å². The number of hydrogen-bond acceptors (Lipinski definition) is 5. The number of aryl methyl sites for hydroxylation is 1. The molecule has 0 fully saturated rings. The predicted molar refractivity (Wildman–Crippen MR) is 148 cm³/mol. The van der Waals surface area contributed by atoms with E-state index in [1.807, 2.05) is 49.4 Å². The van der Waals surface area contributed by atoms with Gasteiger partial charge in [-0.2, -0.15) is 9.41 Å². The third-order valence-corrected chi connectivity index (χ3v) is 7.61. The number of halogens is 1. The average molecular weight is 546 g/mol. The number of carbonyl (C=O) groups excluding carboxylic acids is 1. The number of nitrogens with one attached hydrogen (secondary N) is 1. The molecule has 200 valence electrons. The lowest BCUT2D eigenvalue weighted by Crippen LogP contribution is -2.39. The van der Waals surface area contributed by atoms with Crippen molar-refractivity contribution < 1.29 is 22.3 Å². The third kappa shape index (κ3) is 7.83. The number of amides is 1. The summed E-state index contributed by atoms with van der Waals surface area (Å²) < 4.78 is 47.1. The van der Waals surface area contributed by atoms with Crippen LogP contribution in [0.3, 0.4) is 0 Å². The molecular weight excluding hydrogens is 517 g/mol. The summed E-state index contributed by atoms with van der Waals surface area (Å²) in [5.74, 6) is -0.488. The number of sulfonamides is 1. The average Bonchev–Trinajstić information content (AvgIpc) is 2.94. The largest absolute Gasteiger partial charge is 0.488 e. The minimum absolute atomic E-state index is 0.0519. The van der Waals surface area contributed by atoms with E-state index in [9.17, 15) is 17.6 Å². The van der Waals surface area contributed by atoms with Crippen molar-refractivity contribution in [2.24, 2.45) is 5.10 Å². The van der Waals surface area contributed by atoms with Crippen molar-refractivity contribution in [3.8, 4) is 5.75 Å². The van der Waals surface area contributed by atoms with Crippen molar-refractivity contribution >= 4 is 22.1 Å². The van der Waals surface area contributed by atoms with Gasteiger partial charge >= 0.3 is 0 Å². The summed E-state index contributed by atoms with van der Waals surface area (Å²) in [5, 5.41) is 4.02. The normalized spacial score (nSPS) is 11.6. The minimum Gasteiger partial charge on any atom is -0.488 e. The van der Waals surface area contributed by atoms with Crippen molar-refractivity contribution in [1.82, 2.24) is 9.73 Å². The fourth-order valence-electron chi connectivity index (χ4n) is 3.70. The van der Waals surface area contributed by atoms with Crippen molar-refractivity contribution in [2.75, 3.05) is 6.54 Å². The van der Waals surface area contributed by atoms with Crippen LogP contribution < -0.4 is 10.2 Å². The van der Waals surface area contributed by atoms with Gasteiger partial charge in [0.25, 0.3) is 5.91 Å². The summed E-state index contributed by atoms with van der Waals surface area (Å²) in [7, 11) is -4.03. The molecule has 1 amide bonds. The van der Waals surface area contributed by atoms with Gasteiger partial charge in [-0.05, 0) is 54.4 Å². The van der Waals surface area contributed by atoms with E-state index in [0.29, 0.717) is 23.5 Å². The molecule has 0 heterocycles. The SMILES string of the molecule is Cc1ccc(S(=O)(=O)N(CC(=O)N/N=C\c2ccccc2OCc2ccccc2)Cc2ccc(F)cc2)cc1. The first kappa shape index (κ1) is 27.7. The molecule has 0 atom stereocenters. The summed E-state index contributed by atoms with van der Waals surface area (Å²) in [5.41, 5.74) is 5.49. The zero-order valence-corrected chi connectivity index (χ0v) is 22.1. The van der Waals surface area contributed by atoms with Crippen LogP contribution in [0.25, 0.3) is 0 Å². The van der Waals surface area contributed by atoms with Crippen molar-refractivity contribution in [1.29, 1.82) is 0 Å². The molecule has 0 radical (unpaired) electrons. The Morgan fingerprint density at radius 1 is 0.897 bits per heavy atom. The molecule has 4 aromatic rings. The third-order valence-electron chi connectivity index (χ3n) is 5.80. The van der Waals surface area contributed by atoms with Crippen LogP contribution in [0.1, 0.15) is 22.3 Å². The number of carbonyl (C=O) groups is 1. The van der Waals surface area contributed by atoms with Crippen LogP contribution in [0.15, 0.2) is 113 Å². The number of rotatable bonds is 11. The van der Waals surface area contributed by atoms with E-state index in [-0.39, 0.29) is 11.4 Å². The smallest absolute Gasteiger partial charge is 0.255 e. The summed E-state index contributed by atoms with van der Waals surface area (Å²) in [6.07, 6.45) is 1.44. The lowest BCUT2D eigenvalue weighted by Gasteiger charge is -2.21. The van der Waals surface area contributed by atoms with Crippen LogP contribution in [0.5, 0.6) is 5.75 Å². The molecule has 7 nitrogen and oxygen atoms in total. The van der Waals surface area contributed by atoms with E-state index in [1.165, 1.54) is 42.6 Å². The van der Waals surface area contributed by atoms with Gasteiger partial charge in [-0.25, -0.2) is 18.2 Å². The Hall–Kier alpha value is -4.34. The lowest BCUT2D eigenvalue weighted by molar-refractivity contribution is -0.121. The number of benzene rings is 4. The number of hydrogen-bond donors (Lipinski definition) is 1. The van der Waals surface area contributed by atoms with Gasteiger partial charge in [0, 0.05) is 12.1 Å². The van der Waals surface area contributed by atoms with E-state index in [2.05, 4.69) is 10.5 Å². The number of para-hydroxylation sites is 1. The van der Waals surface area contributed by atoms with Crippen LogP contribution in [0.2, 0.25) is 0 Å². The minimum atomic E-state index is -4.03. The molecule has 4 aromatic carbocycles. The molecule has 39 heavy (non-hydrogen) atoms. The van der Waals surface area contributed by atoms with Gasteiger partial charge in [0.1, 0.15) is 18.2 Å². The first-order chi connectivity index (χ1) is 18.8. The molecule has 9 heteroatoms. The first-order valence-corrected chi connectivity index (χ1v) is 13.6. The molecule has 0 aliphatic heterocycles. The lowest BCUT2D eigenvalue weighted by atomic mass is 10.2. The monoisotopic (exact) mass is 545 g/mol. The second-order valence-electron chi connectivity index (χ2n) is 8.82. The molecule has 4 rings (SSSR count). The number of nitrogens with zero attached hydrogens (tertiary/aromatic N) is 2. The van der Waals surface area contributed by atoms with Crippen LogP contribution in [0.4, 0.5) is 4.39 Å². The zero-order chi connectivity index (χ0) is 27.7. The highest BCUT2D eigenvalue weighted by Crippen LogP contribution is 2.20. The highest BCUT2D eigenvalue weighted by molar-refractivity contribution is 7.89. The van der Waals surface area contributed by atoms with Gasteiger partial charge in [-0.1, -0.05) is 72.3 Å². The maximum atomic E-state index is 13.4. The maximum absolute atomic E-state index is 13.4. The van der Waals surface area contributed by atoms with Crippen molar-refractivity contribution in [3.63, 3.8) is 0 Å². The highest BCUT2D eigenvalue weighted by Gasteiger charge is 2.27. The fraction of sp³-hybridized carbons (Fsp3) is 0.133. The van der Waals surface area contributed by atoms with Crippen LogP contribution >= 0.6 is 0 Å². The maximum Gasteiger partial charge on any atom is 0.255 e. The summed E-state index contributed by atoms with van der Waals surface area (Å²) in [6, 6.07) is 28.7.